The van der Waals surface area contributed by atoms with Gasteiger partial charge in [0.2, 0.25) is 0 Å². The Labute approximate surface area is 173 Å². The molecule has 0 saturated carbocycles. The highest BCUT2D eigenvalue weighted by molar-refractivity contribution is 7.92. The average Bonchev–Trinajstić information content (AvgIpc) is 3.43. The van der Waals surface area contributed by atoms with Gasteiger partial charge in [-0.05, 0) is 47.8 Å². The van der Waals surface area contributed by atoms with Gasteiger partial charge in [-0.1, -0.05) is 24.3 Å². The van der Waals surface area contributed by atoms with Gasteiger partial charge < -0.3 is 4.74 Å². The molecule has 2 heterocycles. The number of hydrogen-bond donors (Lipinski definition) is 0. The van der Waals surface area contributed by atoms with Crippen LogP contribution in [0.2, 0.25) is 0 Å². The molecule has 2 aromatic heterocycles. The summed E-state index contributed by atoms with van der Waals surface area (Å²) < 4.78 is 34.6. The zero-order chi connectivity index (χ0) is 20.4. The van der Waals surface area contributed by atoms with Gasteiger partial charge in [0.15, 0.2) is 0 Å². The van der Waals surface area contributed by atoms with E-state index in [0.717, 1.165) is 10.6 Å². The van der Waals surface area contributed by atoms with Crippen molar-refractivity contribution in [2.45, 2.75) is 4.90 Å². The lowest BCUT2D eigenvalue weighted by Gasteiger charge is -2.19. The van der Waals surface area contributed by atoms with E-state index in [1.165, 1.54) is 27.8 Å². The van der Waals surface area contributed by atoms with E-state index in [4.69, 9.17) is 4.74 Å². The first-order valence-corrected chi connectivity index (χ1v) is 11.1. The Hall–Kier alpha value is -3.10. The quantitative estimate of drug-likeness (QED) is 0.458. The van der Waals surface area contributed by atoms with E-state index in [1.807, 2.05) is 47.8 Å². The van der Waals surface area contributed by atoms with Gasteiger partial charge in [0, 0.05) is 7.05 Å². The summed E-state index contributed by atoms with van der Waals surface area (Å²) in [5.41, 5.74) is 1.97. The molecular weight excluding hydrogens is 406 g/mol. The van der Waals surface area contributed by atoms with Crippen molar-refractivity contribution in [3.8, 4) is 22.0 Å². The first kappa shape index (κ1) is 19.2. The minimum Gasteiger partial charge on any atom is -0.497 e. The van der Waals surface area contributed by atoms with E-state index in [1.54, 1.807) is 37.2 Å². The largest absolute Gasteiger partial charge is 0.497 e. The number of thiophene rings is 1. The van der Waals surface area contributed by atoms with Crippen molar-refractivity contribution in [2.24, 2.45) is 0 Å². The molecule has 0 unspecified atom stereocenters. The van der Waals surface area contributed by atoms with Gasteiger partial charge in [0.1, 0.15) is 11.4 Å². The molecule has 0 saturated heterocycles. The van der Waals surface area contributed by atoms with Crippen molar-refractivity contribution in [1.82, 2.24) is 9.78 Å². The Morgan fingerprint density at radius 1 is 1.00 bits per heavy atom. The van der Waals surface area contributed by atoms with Crippen molar-refractivity contribution < 1.29 is 13.2 Å². The number of benzene rings is 2. The van der Waals surface area contributed by atoms with Crippen LogP contribution in [0.15, 0.2) is 83.2 Å². The molecule has 6 nitrogen and oxygen atoms in total. The summed E-state index contributed by atoms with van der Waals surface area (Å²) in [6.07, 6.45) is 1.74. The molecule has 148 valence electrons. The van der Waals surface area contributed by atoms with Crippen LogP contribution in [0.25, 0.3) is 16.3 Å². The summed E-state index contributed by atoms with van der Waals surface area (Å²) in [7, 11) is -0.683. The summed E-state index contributed by atoms with van der Waals surface area (Å²) in [6.45, 7) is 0. The first-order chi connectivity index (χ1) is 14.0. The van der Waals surface area contributed by atoms with E-state index in [-0.39, 0.29) is 4.90 Å². The molecule has 0 amide bonds. The molecule has 0 radical (unpaired) electrons. The molecule has 0 aliphatic heterocycles. The van der Waals surface area contributed by atoms with Crippen LogP contribution in [0.5, 0.6) is 5.75 Å². The SMILES string of the molecule is COc1ccc(S(=O)(=O)N(C)c2cn(-c3ccccc3)nc2-c2cccs2)cc1. The first-order valence-electron chi connectivity index (χ1n) is 8.82. The summed E-state index contributed by atoms with van der Waals surface area (Å²) >= 11 is 1.51. The third-order valence-electron chi connectivity index (χ3n) is 4.53. The van der Waals surface area contributed by atoms with Crippen LogP contribution >= 0.6 is 11.3 Å². The smallest absolute Gasteiger partial charge is 0.264 e. The fourth-order valence-electron chi connectivity index (χ4n) is 2.93. The van der Waals surface area contributed by atoms with Crippen molar-refractivity contribution in [2.75, 3.05) is 18.5 Å². The highest BCUT2D eigenvalue weighted by Gasteiger charge is 2.26. The second kappa shape index (κ2) is 7.73. The average molecular weight is 426 g/mol. The maximum absolute atomic E-state index is 13.3. The Bertz CT molecular complexity index is 1200. The van der Waals surface area contributed by atoms with Crippen LogP contribution in [0.4, 0.5) is 5.69 Å². The maximum atomic E-state index is 13.3. The minimum atomic E-state index is -3.77. The molecule has 0 N–H and O–H groups in total. The van der Waals surface area contributed by atoms with Gasteiger partial charge in [0.25, 0.3) is 10.0 Å². The monoisotopic (exact) mass is 425 g/mol. The molecule has 8 heteroatoms. The third kappa shape index (κ3) is 3.64. The molecule has 4 aromatic rings. The Balaban J connectivity index is 1.81. The molecule has 0 fully saturated rings. The number of aromatic nitrogens is 2. The van der Waals surface area contributed by atoms with Crippen molar-refractivity contribution in [1.29, 1.82) is 0 Å². The number of rotatable bonds is 6. The van der Waals surface area contributed by atoms with Crippen molar-refractivity contribution in [3.63, 3.8) is 0 Å². The normalized spacial score (nSPS) is 11.4. The van der Waals surface area contributed by atoms with E-state index >= 15 is 0 Å². The number of ether oxygens (including phenoxy) is 1. The lowest BCUT2D eigenvalue weighted by atomic mass is 10.3. The van der Waals surface area contributed by atoms with Crippen LogP contribution in [-0.2, 0) is 10.0 Å². The lowest BCUT2D eigenvalue weighted by molar-refractivity contribution is 0.414. The highest BCUT2D eigenvalue weighted by atomic mass is 32.2. The summed E-state index contributed by atoms with van der Waals surface area (Å²) in [4.78, 5) is 1.08. The number of hydrogen-bond acceptors (Lipinski definition) is 5. The zero-order valence-electron chi connectivity index (χ0n) is 15.9. The predicted octanol–water partition coefficient (Wildman–Crippen LogP) is 4.43. The molecule has 4 rings (SSSR count). The zero-order valence-corrected chi connectivity index (χ0v) is 17.5. The molecule has 0 bridgehead atoms. The standard InChI is InChI=1S/C21H19N3O3S2/c1-23(29(25,26)18-12-10-17(27-2)11-13-18)19-15-24(16-7-4-3-5-8-16)22-21(19)20-9-6-14-28-20/h3-15H,1-2H3. The molecule has 2 aromatic carbocycles. The van der Waals surface area contributed by atoms with Gasteiger partial charge in [-0.3, -0.25) is 4.31 Å². The molecule has 0 aliphatic carbocycles. The van der Waals surface area contributed by atoms with E-state index in [9.17, 15) is 8.42 Å². The van der Waals surface area contributed by atoms with Gasteiger partial charge in [-0.2, -0.15) is 5.10 Å². The molecule has 0 atom stereocenters. The fraction of sp³-hybridized carbons (Fsp3) is 0.0952. The summed E-state index contributed by atoms with van der Waals surface area (Å²) in [5, 5.41) is 6.62. The van der Waals surface area contributed by atoms with Gasteiger partial charge >= 0.3 is 0 Å². The van der Waals surface area contributed by atoms with Crippen molar-refractivity contribution in [3.05, 3.63) is 78.3 Å². The number of methoxy groups -OCH3 is 1. The number of nitrogens with zero attached hydrogens (tertiary/aromatic N) is 3. The number of para-hydroxylation sites is 1. The Morgan fingerprint density at radius 3 is 2.34 bits per heavy atom. The maximum Gasteiger partial charge on any atom is 0.264 e. The minimum absolute atomic E-state index is 0.186. The Morgan fingerprint density at radius 2 is 1.72 bits per heavy atom. The van der Waals surface area contributed by atoms with Crippen LogP contribution in [0, 0.1) is 0 Å². The van der Waals surface area contributed by atoms with Crippen LogP contribution in [0.3, 0.4) is 0 Å². The number of anilines is 1. The van der Waals surface area contributed by atoms with E-state index < -0.39 is 10.0 Å². The molecule has 0 spiro atoms. The molecule has 29 heavy (non-hydrogen) atoms. The van der Waals surface area contributed by atoms with Crippen molar-refractivity contribution >= 4 is 27.0 Å². The van der Waals surface area contributed by atoms with Gasteiger partial charge in [-0.25, -0.2) is 13.1 Å². The second-order valence-electron chi connectivity index (χ2n) is 6.27. The topological polar surface area (TPSA) is 64.4 Å². The molecular formula is C21H19N3O3S2. The third-order valence-corrected chi connectivity index (χ3v) is 7.19. The summed E-state index contributed by atoms with van der Waals surface area (Å²) in [5.74, 6) is 0.600. The number of sulfonamides is 1. The van der Waals surface area contributed by atoms with Crippen LogP contribution in [0.1, 0.15) is 0 Å². The van der Waals surface area contributed by atoms with Gasteiger partial charge in [0.05, 0.1) is 34.5 Å². The van der Waals surface area contributed by atoms with E-state index in [2.05, 4.69) is 5.10 Å². The lowest BCUT2D eigenvalue weighted by Crippen LogP contribution is -2.26. The fourth-order valence-corrected chi connectivity index (χ4v) is 4.84. The molecule has 0 aliphatic rings. The van der Waals surface area contributed by atoms with Crippen LogP contribution in [-0.4, -0.2) is 32.4 Å². The predicted molar refractivity (Wildman–Crippen MR) is 115 cm³/mol. The highest BCUT2D eigenvalue weighted by Crippen LogP contribution is 2.35. The van der Waals surface area contributed by atoms with Gasteiger partial charge in [-0.15, -0.1) is 11.3 Å². The summed E-state index contributed by atoms with van der Waals surface area (Å²) in [6, 6.07) is 19.8. The van der Waals surface area contributed by atoms with Crippen LogP contribution < -0.4 is 9.04 Å². The second-order valence-corrected chi connectivity index (χ2v) is 9.19. The Kier molecular flexibility index (Phi) is 5.12. The van der Waals surface area contributed by atoms with E-state index in [0.29, 0.717) is 17.1 Å².